The van der Waals surface area contributed by atoms with Crippen molar-refractivity contribution in [2.24, 2.45) is 23.7 Å². The summed E-state index contributed by atoms with van der Waals surface area (Å²) in [7, 11) is 0. The summed E-state index contributed by atoms with van der Waals surface area (Å²) in [5.41, 5.74) is -1.03. The van der Waals surface area contributed by atoms with Gasteiger partial charge in [-0.2, -0.15) is 0 Å². The Labute approximate surface area is 163 Å². The Morgan fingerprint density at radius 1 is 1.11 bits per heavy atom. The molecule has 1 saturated carbocycles. The largest absolute Gasteiger partial charge is 0.384 e. The maximum atomic E-state index is 11.8. The van der Waals surface area contributed by atoms with Gasteiger partial charge in [0.2, 0.25) is 0 Å². The molecule has 6 heteroatoms. The van der Waals surface area contributed by atoms with Crippen LogP contribution < -0.4 is 5.32 Å². The first kappa shape index (κ1) is 21.5. The van der Waals surface area contributed by atoms with Crippen molar-refractivity contribution in [1.82, 2.24) is 5.32 Å². The number of aliphatic hydroxyl groups is 2. The van der Waals surface area contributed by atoms with E-state index in [0.717, 1.165) is 25.8 Å². The molecule has 27 heavy (non-hydrogen) atoms. The van der Waals surface area contributed by atoms with Gasteiger partial charge >= 0.3 is 0 Å². The molecule has 2 aliphatic heterocycles. The van der Waals surface area contributed by atoms with Gasteiger partial charge in [-0.1, -0.05) is 13.8 Å². The smallest absolute Gasteiger partial charge is 0.193 e. The second-order valence-electron chi connectivity index (χ2n) is 10.2. The van der Waals surface area contributed by atoms with E-state index in [9.17, 15) is 10.2 Å². The molecule has 0 spiro atoms. The topological polar surface area (TPSA) is 80.2 Å². The van der Waals surface area contributed by atoms with E-state index in [4.69, 9.17) is 14.2 Å². The summed E-state index contributed by atoms with van der Waals surface area (Å²) in [5, 5.41) is 25.8. The average molecular weight is 386 g/mol. The summed E-state index contributed by atoms with van der Waals surface area (Å²) in [6.45, 7) is 13.6. The zero-order chi connectivity index (χ0) is 20.0. The predicted molar refractivity (Wildman–Crippen MR) is 103 cm³/mol. The quantitative estimate of drug-likeness (QED) is 0.646. The van der Waals surface area contributed by atoms with E-state index < -0.39 is 24.0 Å². The molecule has 0 bridgehead atoms. The molecule has 3 fully saturated rings. The molecule has 2 saturated heterocycles. The molecule has 0 aromatic rings. The van der Waals surface area contributed by atoms with Gasteiger partial charge in [-0.25, -0.2) is 0 Å². The summed E-state index contributed by atoms with van der Waals surface area (Å²) in [6, 6.07) is 0. The summed E-state index contributed by atoms with van der Waals surface area (Å²) in [4.78, 5) is 0. The SMILES string of the molecule is C[C@H]1C(OCCNC(C)(C)C)O[C@@H]2OC(C)(O)CCC3[C@H](C)CCC1[C@]32O. The highest BCUT2D eigenvalue weighted by Gasteiger charge is 2.63. The van der Waals surface area contributed by atoms with E-state index in [-0.39, 0.29) is 23.3 Å². The van der Waals surface area contributed by atoms with Crippen LogP contribution in [0.25, 0.3) is 0 Å². The molecule has 3 aliphatic rings. The Morgan fingerprint density at radius 2 is 1.81 bits per heavy atom. The van der Waals surface area contributed by atoms with Crippen molar-refractivity contribution in [3.63, 3.8) is 0 Å². The molecule has 4 unspecified atom stereocenters. The number of hydrogen-bond donors (Lipinski definition) is 3. The van der Waals surface area contributed by atoms with Crippen LogP contribution in [-0.4, -0.2) is 52.9 Å². The first-order valence-electron chi connectivity index (χ1n) is 10.6. The Hall–Kier alpha value is -0.240. The van der Waals surface area contributed by atoms with Crippen molar-refractivity contribution in [2.45, 2.75) is 96.7 Å². The third-order valence-electron chi connectivity index (χ3n) is 6.83. The maximum Gasteiger partial charge on any atom is 0.193 e. The fraction of sp³-hybridized carbons (Fsp3) is 1.00. The lowest BCUT2D eigenvalue weighted by Gasteiger charge is -2.57. The van der Waals surface area contributed by atoms with Crippen molar-refractivity contribution >= 4 is 0 Å². The molecule has 0 aromatic heterocycles. The Morgan fingerprint density at radius 3 is 2.48 bits per heavy atom. The molecule has 2 heterocycles. The van der Waals surface area contributed by atoms with Gasteiger partial charge in [0.15, 0.2) is 18.4 Å². The number of rotatable bonds is 4. The number of ether oxygens (including phenoxy) is 3. The van der Waals surface area contributed by atoms with E-state index in [1.807, 2.05) is 0 Å². The fourth-order valence-electron chi connectivity index (χ4n) is 5.33. The minimum absolute atomic E-state index is 0.0402. The summed E-state index contributed by atoms with van der Waals surface area (Å²) >= 11 is 0. The third kappa shape index (κ3) is 4.36. The molecular formula is C21H39NO5. The summed E-state index contributed by atoms with van der Waals surface area (Å²) in [6.07, 6.45) is 1.96. The van der Waals surface area contributed by atoms with Crippen molar-refractivity contribution in [1.29, 1.82) is 0 Å². The van der Waals surface area contributed by atoms with E-state index >= 15 is 0 Å². The minimum Gasteiger partial charge on any atom is -0.384 e. The van der Waals surface area contributed by atoms with Crippen molar-refractivity contribution in [3.05, 3.63) is 0 Å². The molecule has 1 aliphatic carbocycles. The lowest BCUT2D eigenvalue weighted by molar-refractivity contribution is -0.408. The van der Waals surface area contributed by atoms with E-state index in [1.54, 1.807) is 6.92 Å². The van der Waals surface area contributed by atoms with Crippen LogP contribution in [0, 0.1) is 23.7 Å². The monoisotopic (exact) mass is 385 g/mol. The second kappa shape index (κ2) is 7.54. The molecule has 0 amide bonds. The zero-order valence-corrected chi connectivity index (χ0v) is 17.8. The highest BCUT2D eigenvalue weighted by Crippen LogP contribution is 2.55. The van der Waals surface area contributed by atoms with Crippen molar-refractivity contribution < 1.29 is 24.4 Å². The normalized spacial score (nSPS) is 48.0. The molecule has 6 nitrogen and oxygen atoms in total. The Bertz CT molecular complexity index is 519. The van der Waals surface area contributed by atoms with Gasteiger partial charge in [0.05, 0.1) is 6.61 Å². The Balaban J connectivity index is 1.75. The predicted octanol–water partition coefficient (Wildman–Crippen LogP) is 2.62. The minimum atomic E-state index is -1.29. The van der Waals surface area contributed by atoms with Crippen LogP contribution in [0.5, 0.6) is 0 Å². The first-order chi connectivity index (χ1) is 12.4. The zero-order valence-electron chi connectivity index (χ0n) is 17.8. The van der Waals surface area contributed by atoms with Crippen LogP contribution in [0.3, 0.4) is 0 Å². The van der Waals surface area contributed by atoms with Gasteiger partial charge in [-0.3, -0.25) is 0 Å². The van der Waals surface area contributed by atoms with Gasteiger partial charge in [0.1, 0.15) is 5.60 Å². The lowest BCUT2D eigenvalue weighted by atomic mass is 9.58. The molecular weight excluding hydrogens is 346 g/mol. The Kier molecular flexibility index (Phi) is 6.00. The lowest BCUT2D eigenvalue weighted by Crippen LogP contribution is -2.67. The highest BCUT2D eigenvalue weighted by atomic mass is 16.8. The van der Waals surface area contributed by atoms with Crippen molar-refractivity contribution in [3.8, 4) is 0 Å². The van der Waals surface area contributed by atoms with Crippen molar-refractivity contribution in [2.75, 3.05) is 13.2 Å². The summed E-state index contributed by atoms with van der Waals surface area (Å²) < 4.78 is 18.1. The van der Waals surface area contributed by atoms with Crippen LogP contribution in [-0.2, 0) is 14.2 Å². The molecule has 3 rings (SSSR count). The van der Waals surface area contributed by atoms with Crippen LogP contribution >= 0.6 is 0 Å². The molecule has 3 N–H and O–H groups in total. The third-order valence-corrected chi connectivity index (χ3v) is 6.83. The van der Waals surface area contributed by atoms with Gasteiger partial charge < -0.3 is 29.7 Å². The van der Waals surface area contributed by atoms with Gasteiger partial charge in [-0.15, -0.1) is 0 Å². The maximum absolute atomic E-state index is 11.8. The molecule has 158 valence electrons. The van der Waals surface area contributed by atoms with Crippen LogP contribution in [0.1, 0.15) is 67.2 Å². The first-order valence-corrected chi connectivity index (χ1v) is 10.6. The fourth-order valence-corrected chi connectivity index (χ4v) is 5.33. The molecule has 0 radical (unpaired) electrons. The van der Waals surface area contributed by atoms with Crippen LogP contribution in [0.4, 0.5) is 0 Å². The van der Waals surface area contributed by atoms with E-state index in [0.29, 0.717) is 18.9 Å². The van der Waals surface area contributed by atoms with Gasteiger partial charge in [-0.05, 0) is 58.8 Å². The van der Waals surface area contributed by atoms with Gasteiger partial charge in [0.25, 0.3) is 0 Å². The van der Waals surface area contributed by atoms with Gasteiger partial charge in [0, 0.05) is 30.3 Å². The van der Waals surface area contributed by atoms with Crippen LogP contribution in [0.2, 0.25) is 0 Å². The van der Waals surface area contributed by atoms with E-state index in [1.165, 1.54) is 0 Å². The molecule has 8 atom stereocenters. The summed E-state index contributed by atoms with van der Waals surface area (Å²) in [5.74, 6) is -0.716. The van der Waals surface area contributed by atoms with Crippen LogP contribution in [0.15, 0.2) is 0 Å². The average Bonchev–Trinajstić information content (AvgIpc) is 2.63. The standard InChI is InChI=1S/C21H39NO5/c1-13-7-8-16-14(2)17(25-12-11-22-19(3,4)5)26-18-21(16,24)15(13)9-10-20(6,23)27-18/h13-18,22-24H,7-12H2,1-6H3/t13-,14-,15?,16?,17?,18-,20?,21-/m1/s1. The highest BCUT2D eigenvalue weighted by molar-refractivity contribution is 5.07. The number of nitrogens with one attached hydrogen (secondary N) is 1. The molecule has 0 aromatic carbocycles. The van der Waals surface area contributed by atoms with E-state index in [2.05, 4.69) is 39.9 Å². The number of hydrogen-bond acceptors (Lipinski definition) is 6. The second-order valence-corrected chi connectivity index (χ2v) is 10.2.